The first-order chi connectivity index (χ1) is 11.4. The molecule has 0 amide bonds. The van der Waals surface area contributed by atoms with Gasteiger partial charge in [0.05, 0.1) is 0 Å². The van der Waals surface area contributed by atoms with E-state index >= 15 is 0 Å². The number of hydrogen-bond donors (Lipinski definition) is 4. The first-order valence-corrected chi connectivity index (χ1v) is 12.8. The van der Waals surface area contributed by atoms with E-state index in [2.05, 4.69) is 41.5 Å². The Morgan fingerprint density at radius 1 is 0.481 bits per heavy atom. The van der Waals surface area contributed by atoms with E-state index in [9.17, 15) is 4.80 Å². The third kappa shape index (κ3) is 66.0. The van der Waals surface area contributed by atoms with Crippen molar-refractivity contribution in [1.82, 2.24) is 0 Å². The van der Waals surface area contributed by atoms with Gasteiger partial charge in [0.15, 0.2) is 8.32 Å². The molecular weight excluding hydrogens is 392 g/mol. The molecule has 0 radical (unpaired) electrons. The molecular formula is C21H52O4SiTi. The van der Waals surface area contributed by atoms with Crippen LogP contribution in [0.25, 0.3) is 0 Å². The average Bonchev–Trinajstić information content (AvgIpc) is 2.20. The Balaban J connectivity index is -0.000000102. The second kappa shape index (κ2) is 23.1. The topological polar surface area (TPSA) is 80.9 Å². The monoisotopic (exact) mass is 444 g/mol. The van der Waals surface area contributed by atoms with Crippen LogP contribution in [-0.2, 0) is 21.7 Å². The summed E-state index contributed by atoms with van der Waals surface area (Å²) in [5, 5.41) is 24.2. The van der Waals surface area contributed by atoms with E-state index in [0.29, 0.717) is 17.8 Å². The summed E-state index contributed by atoms with van der Waals surface area (Å²) in [6.07, 6.45) is -0.500. The molecule has 0 aromatic rings. The summed E-state index contributed by atoms with van der Waals surface area (Å²) in [5.41, 5.74) is 0. The molecule has 0 heterocycles. The quantitative estimate of drug-likeness (QED) is 0.432. The molecule has 6 heteroatoms. The summed E-state index contributed by atoms with van der Waals surface area (Å²) in [6, 6.07) is 3.22. The van der Waals surface area contributed by atoms with Crippen LogP contribution >= 0.6 is 0 Å². The van der Waals surface area contributed by atoms with Crippen LogP contribution in [0.2, 0.25) is 18.1 Å². The van der Waals surface area contributed by atoms with Gasteiger partial charge < -0.3 is 20.1 Å². The van der Waals surface area contributed by atoms with E-state index in [4.69, 9.17) is 15.3 Å². The largest absolute Gasteiger partial charge is 0.432 e. The molecule has 4 nitrogen and oxygen atoms in total. The Bertz CT molecular complexity index is 222. The van der Waals surface area contributed by atoms with Crippen LogP contribution in [0, 0.1) is 17.8 Å². The Labute approximate surface area is 187 Å². The van der Waals surface area contributed by atoms with Crippen LogP contribution in [0.1, 0.15) is 83.1 Å². The van der Waals surface area contributed by atoms with E-state index in [1.54, 1.807) is 41.5 Å². The predicted molar refractivity (Wildman–Crippen MR) is 119 cm³/mol. The maximum absolute atomic E-state index is 10.7. The average molecular weight is 445 g/mol. The van der Waals surface area contributed by atoms with Crippen molar-refractivity contribution in [3.05, 3.63) is 0 Å². The summed E-state index contributed by atoms with van der Waals surface area (Å²) in [6.45, 7) is 23.7. The normalized spacial score (nSPS) is 10.9. The van der Waals surface area contributed by atoms with Crippen molar-refractivity contribution in [1.29, 1.82) is 0 Å². The van der Waals surface area contributed by atoms with E-state index in [-0.39, 0.29) is 40.0 Å². The molecule has 0 aromatic heterocycles. The molecule has 0 spiro atoms. The van der Waals surface area contributed by atoms with Crippen LogP contribution in [0.3, 0.4) is 0 Å². The molecule has 0 atom stereocenters. The number of hydrogen-bond acceptors (Lipinski definition) is 4. The standard InChI is InChI=1S/C12H28OSi.3C3H8O.Ti/c1-10(2)7-14(13,8-11(3)4)9-12(5)6;3*1-3(2)4;/h10-13H,7-9H2,1-6H3;3*3-4H,1-2H3;. The molecule has 0 aliphatic rings. The third-order valence-electron chi connectivity index (χ3n) is 2.36. The maximum atomic E-state index is 10.7. The van der Waals surface area contributed by atoms with E-state index < -0.39 is 8.32 Å². The summed E-state index contributed by atoms with van der Waals surface area (Å²) < 4.78 is 0. The fourth-order valence-corrected chi connectivity index (χ4v) is 7.59. The van der Waals surface area contributed by atoms with Gasteiger partial charge in [-0.2, -0.15) is 0 Å². The summed E-state index contributed by atoms with van der Waals surface area (Å²) in [5.74, 6) is 1.93. The number of aliphatic hydroxyl groups excluding tert-OH is 3. The van der Waals surface area contributed by atoms with Gasteiger partial charge in [-0.3, -0.25) is 0 Å². The van der Waals surface area contributed by atoms with Crippen molar-refractivity contribution in [2.75, 3.05) is 0 Å². The van der Waals surface area contributed by atoms with Gasteiger partial charge >= 0.3 is 0 Å². The third-order valence-corrected chi connectivity index (χ3v) is 7.09. The van der Waals surface area contributed by atoms with Crippen molar-refractivity contribution < 1.29 is 41.8 Å². The van der Waals surface area contributed by atoms with Gasteiger partial charge in [0.25, 0.3) is 0 Å². The molecule has 0 aliphatic heterocycles. The van der Waals surface area contributed by atoms with Gasteiger partial charge in [-0.05, 0) is 77.4 Å². The van der Waals surface area contributed by atoms with Crippen LogP contribution in [-0.4, -0.2) is 46.7 Å². The fraction of sp³-hybridized carbons (Fsp3) is 1.00. The minimum Gasteiger partial charge on any atom is -0.432 e. The van der Waals surface area contributed by atoms with Crippen molar-refractivity contribution in [2.24, 2.45) is 17.8 Å². The van der Waals surface area contributed by atoms with Crippen molar-refractivity contribution >= 4 is 8.32 Å². The first kappa shape index (κ1) is 38.4. The maximum Gasteiger partial charge on any atom is 0.189 e. The van der Waals surface area contributed by atoms with Crippen molar-refractivity contribution in [2.45, 2.75) is 120 Å². The SMILES string of the molecule is CC(C)C[Si](O)(CC(C)C)CC(C)C.CC(C)O.CC(C)O.CC(C)O.[Ti]. The van der Waals surface area contributed by atoms with E-state index in [1.165, 1.54) is 0 Å². The molecule has 0 fully saturated rings. The van der Waals surface area contributed by atoms with E-state index in [1.807, 2.05) is 0 Å². The zero-order valence-corrected chi connectivity index (χ0v) is 22.9. The van der Waals surface area contributed by atoms with Gasteiger partial charge in [-0.25, -0.2) is 0 Å². The Morgan fingerprint density at radius 3 is 0.667 bits per heavy atom. The summed E-state index contributed by atoms with van der Waals surface area (Å²) in [4.78, 5) is 10.7. The van der Waals surface area contributed by atoms with Crippen LogP contribution in [0.5, 0.6) is 0 Å². The molecule has 0 aliphatic carbocycles. The zero-order chi connectivity index (χ0) is 22.1. The van der Waals surface area contributed by atoms with Crippen LogP contribution in [0.4, 0.5) is 0 Å². The molecule has 27 heavy (non-hydrogen) atoms. The summed E-state index contributed by atoms with van der Waals surface area (Å²) in [7, 11) is -1.94. The molecule has 168 valence electrons. The van der Waals surface area contributed by atoms with E-state index in [0.717, 1.165) is 18.1 Å². The number of aliphatic hydroxyl groups is 3. The molecule has 0 saturated heterocycles. The van der Waals surface area contributed by atoms with Gasteiger partial charge in [-0.1, -0.05) is 41.5 Å². The molecule has 4 N–H and O–H groups in total. The molecule has 0 rings (SSSR count). The number of rotatable bonds is 6. The summed E-state index contributed by atoms with van der Waals surface area (Å²) >= 11 is 0. The van der Waals surface area contributed by atoms with Crippen LogP contribution < -0.4 is 0 Å². The minimum atomic E-state index is -1.94. The Kier molecular flexibility index (Phi) is 32.8. The molecule has 0 aromatic carbocycles. The van der Waals surface area contributed by atoms with Gasteiger partial charge in [0.2, 0.25) is 0 Å². The second-order valence-corrected chi connectivity index (χ2v) is 13.0. The fourth-order valence-electron chi connectivity index (χ4n) is 2.53. The van der Waals surface area contributed by atoms with Crippen LogP contribution in [0.15, 0.2) is 0 Å². The molecule has 0 unspecified atom stereocenters. The second-order valence-electron chi connectivity index (χ2n) is 9.30. The Hall–Kier alpha value is 0.771. The van der Waals surface area contributed by atoms with Crippen molar-refractivity contribution in [3.8, 4) is 0 Å². The predicted octanol–water partition coefficient (Wildman–Crippen LogP) is 5.05. The van der Waals surface area contributed by atoms with Crippen molar-refractivity contribution in [3.63, 3.8) is 0 Å². The van der Waals surface area contributed by atoms with Gasteiger partial charge in [0, 0.05) is 40.0 Å². The minimum absolute atomic E-state index is 0. The van der Waals surface area contributed by atoms with Gasteiger partial charge in [-0.15, -0.1) is 0 Å². The molecule has 0 bridgehead atoms. The molecule has 0 saturated carbocycles. The first-order valence-electron chi connectivity index (χ1n) is 10.2. The van der Waals surface area contributed by atoms with Gasteiger partial charge in [0.1, 0.15) is 0 Å². The Morgan fingerprint density at radius 2 is 0.593 bits per heavy atom. The smallest absolute Gasteiger partial charge is 0.189 e. The zero-order valence-electron chi connectivity index (χ0n) is 20.4.